The van der Waals surface area contributed by atoms with E-state index in [9.17, 15) is 4.39 Å². The lowest BCUT2D eigenvalue weighted by Gasteiger charge is -2.22. The van der Waals surface area contributed by atoms with Crippen molar-refractivity contribution in [2.45, 2.75) is 39.3 Å². The van der Waals surface area contributed by atoms with Crippen LogP contribution in [-0.4, -0.2) is 31.6 Å². The van der Waals surface area contributed by atoms with Crippen LogP contribution in [0.25, 0.3) is 0 Å². The molecule has 0 fully saturated rings. The van der Waals surface area contributed by atoms with E-state index in [1.165, 1.54) is 0 Å². The van der Waals surface area contributed by atoms with Gasteiger partial charge in [0.25, 0.3) is 0 Å². The zero-order valence-corrected chi connectivity index (χ0v) is 12.1. The molecule has 0 spiro atoms. The van der Waals surface area contributed by atoms with Gasteiger partial charge in [-0.05, 0) is 65.0 Å². The summed E-state index contributed by atoms with van der Waals surface area (Å²) < 4.78 is 13.5. The molecule has 0 heterocycles. The molecular formula is C15H25FN2. The SMILES string of the molecule is Cc1ccc(C(C)NC(C)CCN(C)C)cc1F. The lowest BCUT2D eigenvalue weighted by atomic mass is 10.0. The molecule has 0 amide bonds. The molecule has 0 aliphatic heterocycles. The quantitative estimate of drug-likeness (QED) is 0.837. The van der Waals surface area contributed by atoms with Crippen LogP contribution in [0.3, 0.4) is 0 Å². The molecule has 2 unspecified atom stereocenters. The van der Waals surface area contributed by atoms with Crippen molar-refractivity contribution in [3.8, 4) is 0 Å². The zero-order valence-electron chi connectivity index (χ0n) is 12.1. The average molecular weight is 252 g/mol. The number of nitrogens with zero attached hydrogens (tertiary/aromatic N) is 1. The molecule has 1 aromatic rings. The summed E-state index contributed by atoms with van der Waals surface area (Å²) in [6.07, 6.45) is 1.09. The van der Waals surface area contributed by atoms with Crippen molar-refractivity contribution in [1.29, 1.82) is 0 Å². The monoisotopic (exact) mass is 252 g/mol. The first kappa shape index (κ1) is 15.1. The van der Waals surface area contributed by atoms with Crippen LogP contribution in [0, 0.1) is 12.7 Å². The molecule has 18 heavy (non-hydrogen) atoms. The average Bonchev–Trinajstić information content (AvgIpc) is 2.30. The highest BCUT2D eigenvalue weighted by atomic mass is 19.1. The van der Waals surface area contributed by atoms with Crippen molar-refractivity contribution in [2.75, 3.05) is 20.6 Å². The van der Waals surface area contributed by atoms with Crippen LogP contribution in [0.5, 0.6) is 0 Å². The summed E-state index contributed by atoms with van der Waals surface area (Å²) in [5.74, 6) is -0.123. The smallest absolute Gasteiger partial charge is 0.126 e. The fraction of sp³-hybridized carbons (Fsp3) is 0.600. The first-order valence-corrected chi connectivity index (χ1v) is 6.57. The molecular weight excluding hydrogens is 227 g/mol. The molecule has 1 aromatic carbocycles. The van der Waals surface area contributed by atoms with Gasteiger partial charge in [0.1, 0.15) is 5.82 Å². The van der Waals surface area contributed by atoms with E-state index >= 15 is 0 Å². The van der Waals surface area contributed by atoms with Gasteiger partial charge >= 0.3 is 0 Å². The first-order valence-electron chi connectivity index (χ1n) is 6.57. The Labute approximate surface area is 110 Å². The molecule has 0 aliphatic rings. The van der Waals surface area contributed by atoms with Crippen molar-refractivity contribution < 1.29 is 4.39 Å². The van der Waals surface area contributed by atoms with Crippen molar-refractivity contribution in [1.82, 2.24) is 10.2 Å². The third-order valence-corrected chi connectivity index (χ3v) is 3.24. The Bertz CT molecular complexity index is 377. The molecule has 0 aliphatic carbocycles. The van der Waals surface area contributed by atoms with Crippen LogP contribution in [0.2, 0.25) is 0 Å². The number of halogens is 1. The second kappa shape index (κ2) is 6.86. The predicted molar refractivity (Wildman–Crippen MR) is 75.3 cm³/mol. The summed E-state index contributed by atoms with van der Waals surface area (Å²) in [7, 11) is 4.15. The Morgan fingerprint density at radius 1 is 1.28 bits per heavy atom. The van der Waals surface area contributed by atoms with Gasteiger partial charge in [-0.15, -0.1) is 0 Å². The molecule has 2 atom stereocenters. The van der Waals surface area contributed by atoms with E-state index in [4.69, 9.17) is 0 Å². The maximum absolute atomic E-state index is 13.5. The van der Waals surface area contributed by atoms with Crippen LogP contribution in [0.1, 0.15) is 37.4 Å². The molecule has 2 nitrogen and oxygen atoms in total. The molecule has 0 saturated carbocycles. The van der Waals surface area contributed by atoms with Gasteiger partial charge in [-0.2, -0.15) is 0 Å². The summed E-state index contributed by atoms with van der Waals surface area (Å²) in [6, 6.07) is 6.07. The van der Waals surface area contributed by atoms with Crippen LogP contribution in [0.4, 0.5) is 4.39 Å². The maximum Gasteiger partial charge on any atom is 0.126 e. The van der Waals surface area contributed by atoms with Crippen molar-refractivity contribution in [3.05, 3.63) is 35.1 Å². The topological polar surface area (TPSA) is 15.3 Å². The van der Waals surface area contributed by atoms with E-state index in [1.807, 2.05) is 12.1 Å². The highest BCUT2D eigenvalue weighted by molar-refractivity contribution is 5.25. The van der Waals surface area contributed by atoms with Crippen molar-refractivity contribution in [3.63, 3.8) is 0 Å². The van der Waals surface area contributed by atoms with Crippen LogP contribution in [0.15, 0.2) is 18.2 Å². The summed E-state index contributed by atoms with van der Waals surface area (Å²) in [5.41, 5.74) is 1.71. The Kier molecular flexibility index (Phi) is 5.76. The standard InChI is InChI=1S/C15H25FN2/c1-11-6-7-14(10-15(11)16)13(3)17-12(2)8-9-18(4)5/h6-7,10,12-13,17H,8-9H2,1-5H3. The number of hydrogen-bond donors (Lipinski definition) is 1. The Balaban J connectivity index is 2.53. The number of rotatable bonds is 6. The second-order valence-electron chi connectivity index (χ2n) is 5.39. The molecule has 102 valence electrons. The number of benzene rings is 1. The predicted octanol–water partition coefficient (Wildman–Crippen LogP) is 3.12. The third kappa shape index (κ3) is 4.75. The molecule has 1 N–H and O–H groups in total. The fourth-order valence-electron chi connectivity index (χ4n) is 1.94. The largest absolute Gasteiger partial charge is 0.309 e. The van der Waals surface area contributed by atoms with E-state index in [2.05, 4.69) is 38.2 Å². The number of nitrogens with one attached hydrogen (secondary N) is 1. The molecule has 0 saturated heterocycles. The van der Waals surface area contributed by atoms with Gasteiger partial charge < -0.3 is 10.2 Å². The van der Waals surface area contributed by atoms with Crippen LogP contribution < -0.4 is 5.32 Å². The highest BCUT2D eigenvalue weighted by Gasteiger charge is 2.11. The highest BCUT2D eigenvalue weighted by Crippen LogP contribution is 2.17. The molecule has 0 radical (unpaired) electrons. The van der Waals surface area contributed by atoms with E-state index in [1.54, 1.807) is 13.0 Å². The Morgan fingerprint density at radius 2 is 1.94 bits per heavy atom. The van der Waals surface area contributed by atoms with Gasteiger partial charge in [0.15, 0.2) is 0 Å². The van der Waals surface area contributed by atoms with E-state index in [-0.39, 0.29) is 11.9 Å². The van der Waals surface area contributed by atoms with Gasteiger partial charge in [-0.1, -0.05) is 12.1 Å². The van der Waals surface area contributed by atoms with Crippen molar-refractivity contribution >= 4 is 0 Å². The summed E-state index contributed by atoms with van der Waals surface area (Å²) in [5, 5.41) is 3.50. The van der Waals surface area contributed by atoms with Gasteiger partial charge in [0.2, 0.25) is 0 Å². The minimum Gasteiger partial charge on any atom is -0.309 e. The Hall–Kier alpha value is -0.930. The fourth-order valence-corrected chi connectivity index (χ4v) is 1.94. The first-order chi connectivity index (χ1) is 8.40. The van der Waals surface area contributed by atoms with Gasteiger partial charge in [-0.25, -0.2) is 4.39 Å². The van der Waals surface area contributed by atoms with Gasteiger partial charge in [0, 0.05) is 12.1 Å². The normalized spacial score (nSPS) is 14.8. The van der Waals surface area contributed by atoms with E-state index in [0.717, 1.165) is 18.5 Å². The zero-order chi connectivity index (χ0) is 13.7. The summed E-state index contributed by atoms with van der Waals surface area (Å²) >= 11 is 0. The maximum atomic E-state index is 13.5. The lowest BCUT2D eigenvalue weighted by molar-refractivity contribution is 0.354. The molecule has 1 rings (SSSR count). The summed E-state index contributed by atoms with van der Waals surface area (Å²) in [6.45, 7) is 7.10. The third-order valence-electron chi connectivity index (χ3n) is 3.24. The van der Waals surface area contributed by atoms with E-state index < -0.39 is 0 Å². The van der Waals surface area contributed by atoms with Crippen LogP contribution in [-0.2, 0) is 0 Å². The minimum atomic E-state index is -0.123. The molecule has 0 aromatic heterocycles. The van der Waals surface area contributed by atoms with Crippen LogP contribution >= 0.6 is 0 Å². The Morgan fingerprint density at radius 3 is 2.50 bits per heavy atom. The lowest BCUT2D eigenvalue weighted by Crippen LogP contribution is -2.31. The summed E-state index contributed by atoms with van der Waals surface area (Å²) in [4.78, 5) is 2.17. The van der Waals surface area contributed by atoms with E-state index in [0.29, 0.717) is 11.6 Å². The van der Waals surface area contributed by atoms with Gasteiger partial charge in [-0.3, -0.25) is 0 Å². The molecule has 0 bridgehead atoms. The van der Waals surface area contributed by atoms with Crippen molar-refractivity contribution in [2.24, 2.45) is 0 Å². The minimum absolute atomic E-state index is 0.123. The molecule has 3 heteroatoms. The number of hydrogen-bond acceptors (Lipinski definition) is 2. The van der Waals surface area contributed by atoms with Gasteiger partial charge in [0.05, 0.1) is 0 Å². The number of aryl methyl sites for hydroxylation is 1. The second-order valence-corrected chi connectivity index (χ2v) is 5.39.